The Morgan fingerprint density at radius 2 is 1.57 bits per heavy atom. The molecule has 0 bridgehead atoms. The number of aromatic nitrogens is 1. The number of hydrogen-bond donors (Lipinski definition) is 1. The second-order valence-corrected chi connectivity index (χ2v) is 6.26. The summed E-state index contributed by atoms with van der Waals surface area (Å²) in [6.07, 6.45) is 1.43. The molecule has 5 nitrogen and oxygen atoms in total. The fourth-order valence-corrected chi connectivity index (χ4v) is 3.78. The van der Waals surface area contributed by atoms with Crippen molar-refractivity contribution in [1.82, 2.24) is 3.97 Å². The van der Waals surface area contributed by atoms with Gasteiger partial charge in [0.2, 0.25) is 0 Å². The van der Waals surface area contributed by atoms with E-state index in [2.05, 4.69) is 0 Å². The summed E-state index contributed by atoms with van der Waals surface area (Å²) >= 11 is 0. The highest BCUT2D eigenvalue weighted by Gasteiger charge is 2.24. The van der Waals surface area contributed by atoms with Crippen molar-refractivity contribution in [3.63, 3.8) is 0 Å². The molecule has 120 valence electrons. The number of carboxylic acid groups (broad SMARTS) is 1. The molecule has 0 spiro atoms. The lowest BCUT2D eigenvalue weighted by Crippen LogP contribution is -2.15. The van der Waals surface area contributed by atoms with Crippen LogP contribution in [0.5, 0.6) is 0 Å². The van der Waals surface area contributed by atoms with Crippen LogP contribution in [0.2, 0.25) is 0 Å². The summed E-state index contributed by atoms with van der Waals surface area (Å²) in [6.45, 7) is 4.00. The second-order valence-electron chi connectivity index (χ2n) is 4.48. The zero-order chi connectivity index (χ0) is 17.0. The molecule has 3 aromatic rings. The van der Waals surface area contributed by atoms with Crippen molar-refractivity contribution < 1.29 is 18.3 Å². The molecule has 1 aromatic heterocycles. The number of rotatable bonds is 3. The normalized spacial score (nSPS) is 10.9. The van der Waals surface area contributed by atoms with Gasteiger partial charge in [0.05, 0.1) is 11.1 Å². The average molecular weight is 331 g/mol. The molecule has 0 saturated heterocycles. The largest absolute Gasteiger partial charge is 0.478 e. The molecule has 0 aliphatic carbocycles. The van der Waals surface area contributed by atoms with E-state index < -0.39 is 16.0 Å². The first-order chi connectivity index (χ1) is 11.0. The van der Waals surface area contributed by atoms with Gasteiger partial charge in [-0.15, -0.1) is 0 Å². The van der Waals surface area contributed by atoms with E-state index in [1.165, 1.54) is 30.5 Å². The maximum Gasteiger partial charge on any atom is 0.337 e. The topological polar surface area (TPSA) is 76.4 Å². The van der Waals surface area contributed by atoms with E-state index in [0.29, 0.717) is 5.52 Å². The molecule has 0 atom stereocenters. The maximum absolute atomic E-state index is 12.7. The monoisotopic (exact) mass is 331 g/mol. The van der Waals surface area contributed by atoms with Gasteiger partial charge >= 0.3 is 5.97 Å². The van der Waals surface area contributed by atoms with Crippen LogP contribution in [0, 0.1) is 0 Å². The van der Waals surface area contributed by atoms with Gasteiger partial charge in [-0.3, -0.25) is 0 Å². The van der Waals surface area contributed by atoms with Crippen LogP contribution in [0.15, 0.2) is 65.7 Å². The quantitative estimate of drug-likeness (QED) is 0.795. The first-order valence-corrected chi connectivity index (χ1v) is 8.60. The van der Waals surface area contributed by atoms with Crippen molar-refractivity contribution in [2.45, 2.75) is 18.7 Å². The Bertz CT molecular complexity index is 942. The number of carbonyl (C=O) groups is 1. The molecule has 0 aliphatic heterocycles. The van der Waals surface area contributed by atoms with E-state index in [4.69, 9.17) is 5.11 Å². The standard InChI is InChI=1S/C15H11NO4S.C2H6/c17-15(18)12-6-2-4-8-14(12)21(19,20)16-10-9-11-5-1-3-7-13(11)16;1-2/h1-10H,(H,17,18);1-2H3. The molecule has 1 N–H and O–H groups in total. The smallest absolute Gasteiger partial charge is 0.337 e. The average Bonchev–Trinajstić information content (AvgIpc) is 3.01. The Labute approximate surface area is 134 Å². The Morgan fingerprint density at radius 1 is 0.957 bits per heavy atom. The van der Waals surface area contributed by atoms with Crippen LogP contribution in [-0.2, 0) is 10.0 Å². The third kappa shape index (κ3) is 2.98. The van der Waals surface area contributed by atoms with Crippen molar-refractivity contribution >= 4 is 26.9 Å². The van der Waals surface area contributed by atoms with Crippen LogP contribution < -0.4 is 0 Å². The van der Waals surface area contributed by atoms with E-state index in [-0.39, 0.29) is 10.5 Å². The summed E-state index contributed by atoms with van der Waals surface area (Å²) in [4.78, 5) is 11.0. The predicted octanol–water partition coefficient (Wildman–Crippen LogP) is 3.60. The van der Waals surface area contributed by atoms with Crippen LogP contribution in [0.1, 0.15) is 24.2 Å². The predicted molar refractivity (Wildman–Crippen MR) is 89.3 cm³/mol. The molecule has 6 heteroatoms. The van der Waals surface area contributed by atoms with Gasteiger partial charge in [-0.05, 0) is 24.3 Å². The number of para-hydroxylation sites is 1. The van der Waals surface area contributed by atoms with E-state index in [9.17, 15) is 13.2 Å². The van der Waals surface area contributed by atoms with E-state index in [1.54, 1.807) is 24.3 Å². The summed E-state index contributed by atoms with van der Waals surface area (Å²) in [6, 6.07) is 14.3. The lowest BCUT2D eigenvalue weighted by atomic mass is 10.2. The molecule has 0 fully saturated rings. The Balaban J connectivity index is 0.000000924. The Hall–Kier alpha value is -2.60. The Kier molecular flexibility index (Phi) is 4.86. The maximum atomic E-state index is 12.7. The number of aromatic carboxylic acids is 1. The van der Waals surface area contributed by atoms with Crippen molar-refractivity contribution in [2.24, 2.45) is 0 Å². The molecule has 0 unspecified atom stereocenters. The highest BCUT2D eigenvalue weighted by molar-refractivity contribution is 7.90. The molecule has 3 rings (SSSR count). The molecule has 0 radical (unpaired) electrons. The van der Waals surface area contributed by atoms with Gasteiger partial charge in [0.1, 0.15) is 4.90 Å². The van der Waals surface area contributed by atoms with Crippen LogP contribution >= 0.6 is 0 Å². The number of benzene rings is 2. The van der Waals surface area contributed by atoms with Gasteiger partial charge in [-0.2, -0.15) is 0 Å². The molecule has 0 saturated carbocycles. The molecule has 2 aromatic carbocycles. The van der Waals surface area contributed by atoms with E-state index >= 15 is 0 Å². The van der Waals surface area contributed by atoms with Crippen LogP contribution in [-0.4, -0.2) is 23.5 Å². The van der Waals surface area contributed by atoms with Gasteiger partial charge in [0, 0.05) is 11.6 Å². The number of nitrogens with zero attached hydrogens (tertiary/aromatic N) is 1. The zero-order valence-electron chi connectivity index (χ0n) is 12.8. The molecular weight excluding hydrogens is 314 g/mol. The summed E-state index contributed by atoms with van der Waals surface area (Å²) in [5.74, 6) is -1.27. The molecule has 23 heavy (non-hydrogen) atoms. The molecule has 0 amide bonds. The third-order valence-corrected chi connectivity index (χ3v) is 4.97. The molecule has 1 heterocycles. The lowest BCUT2D eigenvalue weighted by Gasteiger charge is -2.10. The summed E-state index contributed by atoms with van der Waals surface area (Å²) in [5, 5.41) is 9.94. The minimum absolute atomic E-state index is 0.223. The number of hydrogen-bond acceptors (Lipinski definition) is 3. The van der Waals surface area contributed by atoms with Crippen molar-refractivity contribution in [3.8, 4) is 0 Å². The highest BCUT2D eigenvalue weighted by atomic mass is 32.2. The fourth-order valence-electron chi connectivity index (χ4n) is 2.24. The summed E-state index contributed by atoms with van der Waals surface area (Å²) in [7, 11) is -3.96. The van der Waals surface area contributed by atoms with Crippen molar-refractivity contribution in [2.75, 3.05) is 0 Å². The third-order valence-electron chi connectivity index (χ3n) is 3.22. The fraction of sp³-hybridized carbons (Fsp3) is 0.118. The highest BCUT2D eigenvalue weighted by Crippen LogP contribution is 2.24. The molecule has 0 aliphatic rings. The van der Waals surface area contributed by atoms with Gasteiger partial charge in [-0.25, -0.2) is 17.2 Å². The van der Waals surface area contributed by atoms with Crippen LogP contribution in [0.25, 0.3) is 10.9 Å². The first-order valence-electron chi connectivity index (χ1n) is 7.16. The lowest BCUT2D eigenvalue weighted by molar-refractivity contribution is 0.0692. The Morgan fingerprint density at radius 3 is 2.26 bits per heavy atom. The van der Waals surface area contributed by atoms with Crippen LogP contribution in [0.3, 0.4) is 0 Å². The van der Waals surface area contributed by atoms with Gasteiger partial charge in [-0.1, -0.05) is 44.2 Å². The molecular formula is C17H17NO4S. The van der Waals surface area contributed by atoms with Gasteiger partial charge in [0.25, 0.3) is 10.0 Å². The SMILES string of the molecule is CC.O=C(O)c1ccccc1S(=O)(=O)n1ccc2ccccc21. The minimum atomic E-state index is -3.96. The van der Waals surface area contributed by atoms with E-state index in [0.717, 1.165) is 9.36 Å². The second kappa shape index (κ2) is 6.66. The van der Waals surface area contributed by atoms with Gasteiger partial charge in [0.15, 0.2) is 0 Å². The van der Waals surface area contributed by atoms with Crippen molar-refractivity contribution in [3.05, 3.63) is 66.4 Å². The van der Waals surface area contributed by atoms with Gasteiger partial charge < -0.3 is 5.11 Å². The van der Waals surface area contributed by atoms with E-state index in [1.807, 2.05) is 19.9 Å². The van der Waals surface area contributed by atoms with Crippen molar-refractivity contribution in [1.29, 1.82) is 0 Å². The minimum Gasteiger partial charge on any atom is -0.478 e. The first kappa shape index (κ1) is 16.8. The number of carboxylic acids is 1. The summed E-state index contributed by atoms with van der Waals surface area (Å²) in [5.41, 5.74) is 0.271. The van der Waals surface area contributed by atoms with Crippen LogP contribution in [0.4, 0.5) is 0 Å². The number of fused-ring (bicyclic) bond motifs is 1. The zero-order valence-corrected chi connectivity index (χ0v) is 13.6. The summed E-state index contributed by atoms with van der Waals surface area (Å²) < 4.78 is 26.6.